The number of rotatable bonds is 12. The summed E-state index contributed by atoms with van der Waals surface area (Å²) in [5.74, 6) is 0.550. The number of halogens is 3. The molecule has 0 N–H and O–H groups in total. The molecule has 216 valence electrons. The number of hydrogen-bond donors (Lipinski definition) is 0. The summed E-state index contributed by atoms with van der Waals surface area (Å²) in [5, 5.41) is 10.2. The van der Waals surface area contributed by atoms with Gasteiger partial charge in [0.25, 0.3) is 0 Å². The van der Waals surface area contributed by atoms with Crippen molar-refractivity contribution in [1.82, 2.24) is 14.8 Å². The Morgan fingerprint density at radius 1 is 1.15 bits per heavy atom. The van der Waals surface area contributed by atoms with Gasteiger partial charge in [0.1, 0.15) is 6.61 Å². The van der Waals surface area contributed by atoms with Crippen LogP contribution in [-0.2, 0) is 29.7 Å². The third kappa shape index (κ3) is 10.1. The predicted octanol–water partition coefficient (Wildman–Crippen LogP) is 7.56. The molecule has 0 atom stereocenters. The monoisotopic (exact) mass is 557 g/mol. The maximum Gasteiger partial charge on any atom is 0.416 e. The lowest BCUT2D eigenvalue weighted by Crippen LogP contribution is -2.10. The normalized spacial score (nSPS) is 12.5. The Morgan fingerprint density at radius 2 is 1.80 bits per heavy atom. The summed E-state index contributed by atoms with van der Waals surface area (Å²) in [4.78, 5) is 4.55. The number of aryl methyl sites for hydroxylation is 1. The van der Waals surface area contributed by atoms with Crippen LogP contribution in [0, 0.1) is 0 Å². The number of nitrogens with zero attached hydrogens (tertiary/aromatic N) is 5. The summed E-state index contributed by atoms with van der Waals surface area (Å²) in [6.07, 6.45) is 3.32. The molecular formula is C30H38F3N5O2. The minimum absolute atomic E-state index is 0.0288. The highest BCUT2D eigenvalue weighted by molar-refractivity contribution is 5.98. The number of benzene rings is 1. The Balaban J connectivity index is 0.00000391. The van der Waals surface area contributed by atoms with E-state index in [0.717, 1.165) is 23.3 Å². The van der Waals surface area contributed by atoms with Crippen molar-refractivity contribution in [3.63, 3.8) is 0 Å². The van der Waals surface area contributed by atoms with Gasteiger partial charge in [0.15, 0.2) is 0 Å². The molecule has 0 amide bonds. The highest BCUT2D eigenvalue weighted by atomic mass is 19.4. The van der Waals surface area contributed by atoms with Crippen molar-refractivity contribution in [3.05, 3.63) is 108 Å². The molecule has 0 radical (unpaired) electrons. The minimum Gasteiger partial charge on any atom is -0.492 e. The van der Waals surface area contributed by atoms with Crippen molar-refractivity contribution >= 4 is 17.8 Å². The Labute approximate surface area is 235 Å². The van der Waals surface area contributed by atoms with Gasteiger partial charge in [0.05, 0.1) is 48.1 Å². The number of aromatic nitrogens is 2. The van der Waals surface area contributed by atoms with E-state index in [9.17, 15) is 13.2 Å². The van der Waals surface area contributed by atoms with E-state index in [1.165, 1.54) is 13.2 Å². The molecule has 0 fully saturated rings. The van der Waals surface area contributed by atoms with Gasteiger partial charge in [-0.05, 0) is 37.1 Å². The average Bonchev–Trinajstić information content (AvgIpc) is 3.30. The molecular weight excluding hydrogens is 519 g/mol. The zero-order valence-corrected chi connectivity index (χ0v) is 24.0. The maximum absolute atomic E-state index is 12.9. The third-order valence-electron chi connectivity index (χ3n) is 5.31. The molecule has 0 saturated heterocycles. The van der Waals surface area contributed by atoms with Crippen LogP contribution < -0.4 is 0 Å². The zero-order valence-electron chi connectivity index (χ0n) is 24.0. The molecule has 0 unspecified atom stereocenters. The van der Waals surface area contributed by atoms with Crippen LogP contribution in [0.1, 0.15) is 50.1 Å². The first-order valence-electron chi connectivity index (χ1n) is 12.5. The fourth-order valence-corrected chi connectivity index (χ4v) is 3.22. The second-order valence-electron chi connectivity index (χ2n) is 7.94. The summed E-state index contributed by atoms with van der Waals surface area (Å²) in [5.41, 5.74) is 2.62. The van der Waals surface area contributed by atoms with Crippen molar-refractivity contribution in [2.75, 3.05) is 7.11 Å². The van der Waals surface area contributed by atoms with Crippen LogP contribution in [0.25, 0.3) is 5.70 Å². The molecule has 1 aromatic carbocycles. The van der Waals surface area contributed by atoms with E-state index >= 15 is 0 Å². The van der Waals surface area contributed by atoms with E-state index < -0.39 is 11.7 Å². The van der Waals surface area contributed by atoms with Crippen LogP contribution in [0.3, 0.4) is 0 Å². The van der Waals surface area contributed by atoms with Crippen molar-refractivity contribution in [2.45, 2.75) is 47.0 Å². The molecule has 0 aliphatic heterocycles. The smallest absolute Gasteiger partial charge is 0.416 e. The number of allylic oxidation sites excluding steroid dienone is 5. The fourth-order valence-electron chi connectivity index (χ4n) is 3.22. The Kier molecular flexibility index (Phi) is 14.0. The van der Waals surface area contributed by atoms with Gasteiger partial charge in [0, 0.05) is 19.5 Å². The van der Waals surface area contributed by atoms with Gasteiger partial charge >= 0.3 is 6.18 Å². The quantitative estimate of drug-likeness (QED) is 0.0888. The fraction of sp³-hybridized carbons (Fsp3) is 0.300. The SMILES string of the molecule is C=C/C(=C\C=C(/C)OCc1c(C(=NC(=C)c2ccc(CN(C=C)/N=C\C)cc2)OC)cnn1C)C(F)(F)F.CC. The standard InChI is InChI=1S/C28H32F3N5O2.C2H6/c1-8-24(28(29,30)31)16-11-20(4)38-19-26-25(17-33-35(26)6)27(37-7)34-21(5)23-14-12-22(13-15-23)18-36(10-3)32-9-2;1-2/h8-17H,1,3,5,18-19H2,2,4,6-7H3;1-2H3/b20-11+,24-16+,32-9-,34-27?;. The lowest BCUT2D eigenvalue weighted by molar-refractivity contribution is -0.0881. The molecule has 7 nitrogen and oxygen atoms in total. The lowest BCUT2D eigenvalue weighted by Gasteiger charge is -2.14. The number of hydrogen-bond acceptors (Lipinski definition) is 6. The van der Waals surface area contributed by atoms with E-state index in [-0.39, 0.29) is 18.3 Å². The van der Waals surface area contributed by atoms with Gasteiger partial charge in [-0.25, -0.2) is 4.99 Å². The Hall–Kier alpha value is -4.34. The summed E-state index contributed by atoms with van der Waals surface area (Å²) < 4.78 is 51.4. The molecule has 40 heavy (non-hydrogen) atoms. The Morgan fingerprint density at radius 3 is 2.33 bits per heavy atom. The van der Waals surface area contributed by atoms with Gasteiger partial charge in [0.2, 0.25) is 5.90 Å². The van der Waals surface area contributed by atoms with E-state index in [2.05, 4.69) is 34.9 Å². The van der Waals surface area contributed by atoms with E-state index in [4.69, 9.17) is 9.47 Å². The van der Waals surface area contributed by atoms with E-state index in [1.54, 1.807) is 42.3 Å². The highest BCUT2D eigenvalue weighted by Gasteiger charge is 2.30. The van der Waals surface area contributed by atoms with E-state index in [0.29, 0.717) is 23.5 Å². The van der Waals surface area contributed by atoms with Crippen molar-refractivity contribution in [1.29, 1.82) is 0 Å². The largest absolute Gasteiger partial charge is 0.492 e. The second kappa shape index (κ2) is 16.6. The Bertz CT molecular complexity index is 1250. The van der Waals surface area contributed by atoms with Gasteiger partial charge in [-0.1, -0.05) is 63.9 Å². The third-order valence-corrected chi connectivity index (χ3v) is 5.31. The lowest BCUT2D eigenvalue weighted by atomic mass is 10.1. The summed E-state index contributed by atoms with van der Waals surface area (Å²) in [6, 6.07) is 7.71. The van der Waals surface area contributed by atoms with Crippen LogP contribution in [0.15, 0.2) is 96.1 Å². The number of hydrazone groups is 1. The van der Waals surface area contributed by atoms with Crippen LogP contribution >= 0.6 is 0 Å². The van der Waals surface area contributed by atoms with Crippen molar-refractivity contribution in [3.8, 4) is 0 Å². The van der Waals surface area contributed by atoms with E-state index in [1.807, 2.05) is 45.0 Å². The number of methoxy groups -OCH3 is 1. The average molecular weight is 558 g/mol. The maximum atomic E-state index is 12.9. The first-order valence-corrected chi connectivity index (χ1v) is 12.5. The van der Waals surface area contributed by atoms with Crippen molar-refractivity contribution < 1.29 is 22.6 Å². The molecule has 2 rings (SSSR count). The van der Waals surface area contributed by atoms with Crippen LogP contribution in [0.5, 0.6) is 0 Å². The second-order valence-corrected chi connectivity index (χ2v) is 7.94. The molecule has 0 spiro atoms. The van der Waals surface area contributed by atoms with Crippen molar-refractivity contribution in [2.24, 2.45) is 17.1 Å². The molecule has 1 heterocycles. The molecule has 2 aromatic rings. The summed E-state index contributed by atoms with van der Waals surface area (Å²) >= 11 is 0. The first kappa shape index (κ1) is 33.7. The molecule has 0 saturated carbocycles. The van der Waals surface area contributed by atoms with Gasteiger partial charge in [-0.3, -0.25) is 9.69 Å². The van der Waals surface area contributed by atoms with Gasteiger partial charge in [-0.15, -0.1) is 0 Å². The molecule has 1 aromatic heterocycles. The molecule has 10 heteroatoms. The van der Waals surface area contributed by atoms with Crippen LogP contribution in [-0.4, -0.2) is 40.2 Å². The molecule has 0 aliphatic rings. The zero-order chi connectivity index (χ0) is 30.3. The van der Waals surface area contributed by atoms with Gasteiger partial charge in [-0.2, -0.15) is 23.4 Å². The molecule has 0 bridgehead atoms. The minimum atomic E-state index is -4.49. The number of alkyl halides is 3. The molecule has 0 aliphatic carbocycles. The summed E-state index contributed by atoms with van der Waals surface area (Å²) in [6.45, 7) is 19.0. The van der Waals surface area contributed by atoms with Crippen LogP contribution in [0.2, 0.25) is 0 Å². The van der Waals surface area contributed by atoms with Crippen LogP contribution in [0.4, 0.5) is 13.2 Å². The first-order chi connectivity index (χ1) is 19.0. The highest BCUT2D eigenvalue weighted by Crippen LogP contribution is 2.26. The topological polar surface area (TPSA) is 64.2 Å². The summed E-state index contributed by atoms with van der Waals surface area (Å²) in [7, 11) is 3.20. The van der Waals surface area contributed by atoms with Gasteiger partial charge < -0.3 is 9.47 Å². The number of ether oxygens (including phenoxy) is 2. The predicted molar refractivity (Wildman–Crippen MR) is 156 cm³/mol. The number of aliphatic imine (C=N–C) groups is 1.